The summed E-state index contributed by atoms with van der Waals surface area (Å²) in [6, 6.07) is 18.1. The molecule has 4 N–H and O–H groups in total. The lowest BCUT2D eigenvalue weighted by atomic mass is 10.2. The fraction of sp³-hybridized carbons (Fsp3) is 0.391. The number of benzene rings is 2. The average molecular weight is 410 g/mol. The number of hydrogen-bond acceptors (Lipinski definition) is 4. The number of nitrogens with one attached hydrogen (secondary N) is 2. The first-order valence-electron chi connectivity index (χ1n) is 10.5. The number of amides is 3. The molecule has 0 radical (unpaired) electrons. The van der Waals surface area contributed by atoms with Crippen molar-refractivity contribution >= 4 is 23.3 Å². The fourth-order valence-electron chi connectivity index (χ4n) is 3.61. The number of primary amides is 1. The van der Waals surface area contributed by atoms with Crippen molar-refractivity contribution in [3.8, 4) is 0 Å². The molecule has 3 rings (SSSR count). The molecule has 0 aliphatic carbocycles. The molecule has 1 fully saturated rings. The first-order chi connectivity index (χ1) is 14.6. The quantitative estimate of drug-likeness (QED) is 0.556. The zero-order valence-corrected chi connectivity index (χ0v) is 17.3. The number of nitrogens with zero attached hydrogens (tertiary/aromatic N) is 2. The van der Waals surface area contributed by atoms with E-state index >= 15 is 0 Å². The minimum Gasteiger partial charge on any atom is -0.369 e. The molecule has 0 aromatic heterocycles. The lowest BCUT2D eigenvalue weighted by molar-refractivity contribution is -0.116. The van der Waals surface area contributed by atoms with Gasteiger partial charge in [-0.15, -0.1) is 0 Å². The Morgan fingerprint density at radius 1 is 0.900 bits per heavy atom. The van der Waals surface area contributed by atoms with Crippen LogP contribution >= 0.6 is 0 Å². The van der Waals surface area contributed by atoms with Gasteiger partial charge in [0, 0.05) is 57.1 Å². The molecule has 1 heterocycles. The number of anilines is 2. The molecule has 30 heavy (non-hydrogen) atoms. The van der Waals surface area contributed by atoms with Gasteiger partial charge in [-0.25, -0.2) is 4.79 Å². The van der Waals surface area contributed by atoms with Crippen LogP contribution in [-0.4, -0.2) is 49.6 Å². The van der Waals surface area contributed by atoms with Gasteiger partial charge in [-0.3, -0.25) is 9.69 Å². The highest BCUT2D eigenvalue weighted by Crippen LogP contribution is 2.20. The minimum absolute atomic E-state index is 0.0173. The van der Waals surface area contributed by atoms with E-state index in [-0.39, 0.29) is 5.91 Å². The van der Waals surface area contributed by atoms with Gasteiger partial charge in [-0.05, 0) is 42.7 Å². The lowest BCUT2D eigenvalue weighted by Crippen LogP contribution is -2.45. The van der Waals surface area contributed by atoms with Crippen LogP contribution in [0.25, 0.3) is 0 Å². The largest absolute Gasteiger partial charge is 0.369 e. The van der Waals surface area contributed by atoms with Crippen LogP contribution in [0.5, 0.6) is 0 Å². The summed E-state index contributed by atoms with van der Waals surface area (Å²) >= 11 is 0. The second kappa shape index (κ2) is 11.2. The molecule has 0 unspecified atom stereocenters. The molecule has 0 spiro atoms. The fourth-order valence-corrected chi connectivity index (χ4v) is 3.61. The standard InChI is InChI=1S/C23H31N5O2/c24-23(30)25-13-5-4-8-22(29)26-20-9-11-21(12-10-20)28-16-14-27(15-17-28)18-19-6-2-1-3-7-19/h1-3,6-7,9-12H,4-5,8,13-18H2,(H,26,29)(H3,24,25,30). The molecule has 1 aliphatic rings. The van der Waals surface area contributed by atoms with E-state index in [1.807, 2.05) is 12.1 Å². The molecular weight excluding hydrogens is 378 g/mol. The highest BCUT2D eigenvalue weighted by Gasteiger charge is 2.17. The lowest BCUT2D eigenvalue weighted by Gasteiger charge is -2.36. The Morgan fingerprint density at radius 3 is 2.27 bits per heavy atom. The molecule has 1 saturated heterocycles. The Morgan fingerprint density at radius 2 is 1.60 bits per heavy atom. The third-order valence-electron chi connectivity index (χ3n) is 5.27. The molecule has 0 saturated carbocycles. The first-order valence-corrected chi connectivity index (χ1v) is 10.5. The van der Waals surface area contributed by atoms with Gasteiger partial charge in [-0.1, -0.05) is 30.3 Å². The Hall–Kier alpha value is -3.06. The molecule has 0 bridgehead atoms. The second-order valence-electron chi connectivity index (χ2n) is 7.59. The highest BCUT2D eigenvalue weighted by molar-refractivity contribution is 5.90. The third kappa shape index (κ3) is 7.08. The highest BCUT2D eigenvalue weighted by atomic mass is 16.2. The van der Waals surface area contributed by atoms with Gasteiger partial charge in [0.15, 0.2) is 0 Å². The molecule has 1 aliphatic heterocycles. The summed E-state index contributed by atoms with van der Waals surface area (Å²) in [6.45, 7) is 5.57. The van der Waals surface area contributed by atoms with Crippen LogP contribution in [0.4, 0.5) is 16.2 Å². The van der Waals surface area contributed by atoms with Crippen molar-refractivity contribution in [1.82, 2.24) is 10.2 Å². The molecule has 7 nitrogen and oxygen atoms in total. The third-order valence-corrected chi connectivity index (χ3v) is 5.27. The number of unbranched alkanes of at least 4 members (excludes halogenated alkanes) is 1. The van der Waals surface area contributed by atoms with Crippen LogP contribution in [-0.2, 0) is 11.3 Å². The van der Waals surface area contributed by atoms with Crippen molar-refractivity contribution in [2.45, 2.75) is 25.8 Å². The predicted molar refractivity (Wildman–Crippen MR) is 120 cm³/mol. The topological polar surface area (TPSA) is 90.7 Å². The monoisotopic (exact) mass is 409 g/mol. The van der Waals surface area contributed by atoms with E-state index in [1.54, 1.807) is 0 Å². The Bertz CT molecular complexity index is 802. The number of carbonyl (C=O) groups excluding carboxylic acids is 2. The zero-order chi connectivity index (χ0) is 21.2. The molecule has 0 atom stereocenters. The molecule has 3 amide bonds. The summed E-state index contributed by atoms with van der Waals surface area (Å²) in [7, 11) is 0. The van der Waals surface area contributed by atoms with E-state index in [9.17, 15) is 9.59 Å². The van der Waals surface area contributed by atoms with Crippen molar-refractivity contribution in [2.75, 3.05) is 42.9 Å². The second-order valence-corrected chi connectivity index (χ2v) is 7.59. The van der Waals surface area contributed by atoms with Crippen LogP contribution in [0, 0.1) is 0 Å². The normalized spacial score (nSPS) is 14.3. The number of nitrogens with two attached hydrogens (primary N) is 1. The number of rotatable bonds is 9. The van der Waals surface area contributed by atoms with Gasteiger partial charge in [0.05, 0.1) is 0 Å². The van der Waals surface area contributed by atoms with Gasteiger partial charge in [0.1, 0.15) is 0 Å². The number of piperazine rings is 1. The average Bonchev–Trinajstić information content (AvgIpc) is 2.75. The molecule has 160 valence electrons. The van der Waals surface area contributed by atoms with Crippen LogP contribution in [0.1, 0.15) is 24.8 Å². The van der Waals surface area contributed by atoms with E-state index in [0.29, 0.717) is 19.4 Å². The van der Waals surface area contributed by atoms with Crippen molar-refractivity contribution < 1.29 is 9.59 Å². The van der Waals surface area contributed by atoms with Crippen LogP contribution < -0.4 is 21.3 Å². The van der Waals surface area contributed by atoms with Gasteiger partial charge < -0.3 is 21.3 Å². The van der Waals surface area contributed by atoms with Crippen molar-refractivity contribution in [3.63, 3.8) is 0 Å². The van der Waals surface area contributed by atoms with E-state index in [1.165, 1.54) is 11.3 Å². The maximum Gasteiger partial charge on any atom is 0.312 e. The summed E-state index contributed by atoms with van der Waals surface area (Å²) in [4.78, 5) is 27.5. The summed E-state index contributed by atoms with van der Waals surface area (Å²) in [5.74, 6) is -0.0173. The number of hydrogen-bond donors (Lipinski definition) is 3. The van der Waals surface area contributed by atoms with Crippen LogP contribution in [0.3, 0.4) is 0 Å². The SMILES string of the molecule is NC(=O)NCCCCC(=O)Nc1ccc(N2CCN(Cc3ccccc3)CC2)cc1. The smallest absolute Gasteiger partial charge is 0.312 e. The van der Waals surface area contributed by atoms with Crippen LogP contribution in [0.15, 0.2) is 54.6 Å². The number of urea groups is 1. The summed E-state index contributed by atoms with van der Waals surface area (Å²) in [5.41, 5.74) is 8.35. The summed E-state index contributed by atoms with van der Waals surface area (Å²) in [5, 5.41) is 5.45. The maximum absolute atomic E-state index is 12.0. The molecular formula is C23H31N5O2. The van der Waals surface area contributed by atoms with E-state index in [4.69, 9.17) is 5.73 Å². The van der Waals surface area contributed by atoms with Gasteiger partial charge in [-0.2, -0.15) is 0 Å². The molecule has 2 aromatic carbocycles. The van der Waals surface area contributed by atoms with Crippen LogP contribution in [0.2, 0.25) is 0 Å². The zero-order valence-electron chi connectivity index (χ0n) is 17.3. The number of carbonyl (C=O) groups is 2. The van der Waals surface area contributed by atoms with Crippen molar-refractivity contribution in [1.29, 1.82) is 0 Å². The Balaban J connectivity index is 1.38. The van der Waals surface area contributed by atoms with Crippen molar-refractivity contribution in [3.05, 3.63) is 60.2 Å². The van der Waals surface area contributed by atoms with Gasteiger partial charge in [0.25, 0.3) is 0 Å². The van der Waals surface area contributed by atoms with Crippen molar-refractivity contribution in [2.24, 2.45) is 5.73 Å². The summed E-state index contributed by atoms with van der Waals surface area (Å²) in [6.07, 6.45) is 1.86. The Labute approximate surface area is 178 Å². The summed E-state index contributed by atoms with van der Waals surface area (Å²) < 4.78 is 0. The Kier molecular flexibility index (Phi) is 8.09. The maximum atomic E-state index is 12.0. The first kappa shape index (κ1) is 21.6. The van der Waals surface area contributed by atoms with Gasteiger partial charge in [0.2, 0.25) is 5.91 Å². The van der Waals surface area contributed by atoms with E-state index in [0.717, 1.165) is 44.8 Å². The predicted octanol–water partition coefficient (Wildman–Crippen LogP) is 2.79. The molecule has 7 heteroatoms. The van der Waals surface area contributed by atoms with E-state index in [2.05, 4.69) is 62.9 Å². The van der Waals surface area contributed by atoms with Gasteiger partial charge >= 0.3 is 6.03 Å². The van der Waals surface area contributed by atoms with E-state index < -0.39 is 6.03 Å². The molecule has 2 aromatic rings. The minimum atomic E-state index is -0.530.